The Labute approximate surface area is 165 Å². The molecule has 1 heterocycles. The number of halogens is 2. The lowest BCUT2D eigenvalue weighted by Gasteiger charge is -2.17. The number of carbonyl (C=O) groups is 1. The fraction of sp³-hybridized carbons (Fsp3) is 0.167. The second-order valence-electron chi connectivity index (χ2n) is 5.61. The Kier molecular flexibility index (Phi) is 6.19. The van der Waals surface area contributed by atoms with Gasteiger partial charge in [0.1, 0.15) is 6.33 Å². The van der Waals surface area contributed by atoms with Crippen molar-refractivity contribution in [1.29, 1.82) is 0 Å². The fourth-order valence-corrected chi connectivity index (χ4v) is 3.52. The maximum Gasteiger partial charge on any atom is 0.233 e. The van der Waals surface area contributed by atoms with Crippen molar-refractivity contribution < 1.29 is 4.79 Å². The van der Waals surface area contributed by atoms with Crippen LogP contribution in [0.25, 0.3) is 5.69 Å². The minimum Gasteiger partial charge on any atom is -0.341 e. The standard InChI is InChI=1S/C18H16Cl2N4OS/c1-23(10-13-7-8-15(19)16(20)9-13)17(25)11-26-18-22-21-12-24(18)14-5-3-2-4-6-14/h2-9,12H,10-11H2,1H3. The molecule has 0 aliphatic carbocycles. The Morgan fingerprint density at radius 2 is 1.92 bits per heavy atom. The molecular formula is C18H16Cl2N4OS. The molecule has 3 aromatic rings. The van der Waals surface area contributed by atoms with Crippen molar-refractivity contribution in [2.24, 2.45) is 0 Å². The number of amides is 1. The first kappa shape index (κ1) is 18.8. The number of hydrogen-bond acceptors (Lipinski definition) is 4. The first-order valence-electron chi connectivity index (χ1n) is 7.80. The predicted octanol–water partition coefficient (Wildman–Crippen LogP) is 4.32. The molecule has 0 fully saturated rings. The molecule has 0 bridgehead atoms. The summed E-state index contributed by atoms with van der Waals surface area (Å²) in [6.45, 7) is 0.460. The van der Waals surface area contributed by atoms with Gasteiger partial charge >= 0.3 is 0 Å². The van der Waals surface area contributed by atoms with Crippen molar-refractivity contribution in [3.63, 3.8) is 0 Å². The van der Waals surface area contributed by atoms with Gasteiger partial charge in [0.2, 0.25) is 5.91 Å². The topological polar surface area (TPSA) is 51.0 Å². The van der Waals surface area contributed by atoms with E-state index in [1.54, 1.807) is 30.4 Å². The molecular weight excluding hydrogens is 391 g/mol. The van der Waals surface area contributed by atoms with Gasteiger partial charge in [-0.1, -0.05) is 59.2 Å². The quantitative estimate of drug-likeness (QED) is 0.571. The normalized spacial score (nSPS) is 10.7. The SMILES string of the molecule is CN(Cc1ccc(Cl)c(Cl)c1)C(=O)CSc1nncn1-c1ccccc1. The van der Waals surface area contributed by atoms with Crippen molar-refractivity contribution in [3.8, 4) is 5.69 Å². The average Bonchev–Trinajstić information content (AvgIpc) is 3.12. The second kappa shape index (κ2) is 8.58. The second-order valence-corrected chi connectivity index (χ2v) is 7.36. The maximum atomic E-state index is 12.4. The number of para-hydroxylation sites is 1. The van der Waals surface area contributed by atoms with E-state index in [1.807, 2.05) is 41.0 Å². The van der Waals surface area contributed by atoms with Crippen LogP contribution in [0.15, 0.2) is 60.0 Å². The Morgan fingerprint density at radius 1 is 1.15 bits per heavy atom. The van der Waals surface area contributed by atoms with Gasteiger partial charge in [0.25, 0.3) is 0 Å². The van der Waals surface area contributed by atoms with Crippen molar-refractivity contribution in [3.05, 3.63) is 70.5 Å². The van der Waals surface area contributed by atoms with Gasteiger partial charge in [0.05, 0.1) is 15.8 Å². The van der Waals surface area contributed by atoms with Crippen LogP contribution in [0.3, 0.4) is 0 Å². The summed E-state index contributed by atoms with van der Waals surface area (Å²) >= 11 is 13.3. The van der Waals surface area contributed by atoms with E-state index < -0.39 is 0 Å². The summed E-state index contributed by atoms with van der Waals surface area (Å²) in [7, 11) is 1.76. The molecule has 0 aliphatic rings. The average molecular weight is 407 g/mol. The van der Waals surface area contributed by atoms with E-state index in [2.05, 4.69) is 10.2 Å². The van der Waals surface area contributed by atoms with E-state index >= 15 is 0 Å². The Bertz CT molecular complexity index is 901. The third-order valence-corrected chi connectivity index (χ3v) is 5.37. The van der Waals surface area contributed by atoms with Crippen LogP contribution in [0.1, 0.15) is 5.56 Å². The van der Waals surface area contributed by atoms with Crippen LogP contribution in [0.4, 0.5) is 0 Å². The van der Waals surface area contributed by atoms with Crippen LogP contribution < -0.4 is 0 Å². The highest BCUT2D eigenvalue weighted by Crippen LogP contribution is 2.24. The molecule has 134 valence electrons. The van der Waals surface area contributed by atoms with Gasteiger partial charge in [0.15, 0.2) is 5.16 Å². The van der Waals surface area contributed by atoms with Crippen LogP contribution in [-0.2, 0) is 11.3 Å². The summed E-state index contributed by atoms with van der Waals surface area (Å²) in [6.07, 6.45) is 1.64. The molecule has 0 radical (unpaired) electrons. The highest BCUT2D eigenvalue weighted by atomic mass is 35.5. The van der Waals surface area contributed by atoms with E-state index in [1.165, 1.54) is 11.8 Å². The molecule has 0 saturated heterocycles. The maximum absolute atomic E-state index is 12.4. The third kappa shape index (κ3) is 4.58. The Balaban J connectivity index is 1.60. The number of carbonyl (C=O) groups excluding carboxylic acids is 1. The summed E-state index contributed by atoms with van der Waals surface area (Å²) in [4.78, 5) is 14.1. The smallest absolute Gasteiger partial charge is 0.233 e. The Morgan fingerprint density at radius 3 is 2.65 bits per heavy atom. The van der Waals surface area contributed by atoms with Gasteiger partial charge < -0.3 is 4.90 Å². The molecule has 5 nitrogen and oxygen atoms in total. The number of aromatic nitrogens is 3. The summed E-state index contributed by atoms with van der Waals surface area (Å²) in [5, 5.41) is 9.70. The largest absolute Gasteiger partial charge is 0.341 e. The number of hydrogen-bond donors (Lipinski definition) is 0. The molecule has 0 unspecified atom stereocenters. The van der Waals surface area contributed by atoms with E-state index in [9.17, 15) is 4.79 Å². The summed E-state index contributed by atoms with van der Waals surface area (Å²) in [5.74, 6) is 0.257. The van der Waals surface area contributed by atoms with Gasteiger partial charge in [-0.25, -0.2) is 0 Å². The highest BCUT2D eigenvalue weighted by molar-refractivity contribution is 7.99. The van der Waals surface area contributed by atoms with Gasteiger partial charge in [0, 0.05) is 19.3 Å². The van der Waals surface area contributed by atoms with Crippen molar-refractivity contribution >= 4 is 40.9 Å². The zero-order chi connectivity index (χ0) is 18.5. The lowest BCUT2D eigenvalue weighted by molar-refractivity contribution is -0.127. The zero-order valence-electron chi connectivity index (χ0n) is 14.0. The van der Waals surface area contributed by atoms with Crippen LogP contribution >= 0.6 is 35.0 Å². The molecule has 0 N–H and O–H groups in total. The first-order valence-corrected chi connectivity index (χ1v) is 9.55. The van der Waals surface area contributed by atoms with Crippen molar-refractivity contribution in [1.82, 2.24) is 19.7 Å². The van der Waals surface area contributed by atoms with Gasteiger partial charge in [-0.15, -0.1) is 10.2 Å². The monoisotopic (exact) mass is 406 g/mol. The zero-order valence-corrected chi connectivity index (χ0v) is 16.3. The Hall–Kier alpha value is -2.02. The molecule has 1 aromatic heterocycles. The lowest BCUT2D eigenvalue weighted by Crippen LogP contribution is -2.27. The molecule has 3 rings (SSSR count). The van der Waals surface area contributed by atoms with Crippen molar-refractivity contribution in [2.45, 2.75) is 11.7 Å². The number of rotatable bonds is 6. The van der Waals surface area contributed by atoms with Crippen LogP contribution in [0.2, 0.25) is 10.0 Å². The molecule has 0 spiro atoms. The number of nitrogens with zero attached hydrogens (tertiary/aromatic N) is 4. The van der Waals surface area contributed by atoms with Crippen LogP contribution in [0.5, 0.6) is 0 Å². The van der Waals surface area contributed by atoms with E-state index in [0.29, 0.717) is 21.7 Å². The summed E-state index contributed by atoms with van der Waals surface area (Å²) in [5.41, 5.74) is 1.88. The first-order chi connectivity index (χ1) is 12.5. The minimum atomic E-state index is -0.0105. The molecule has 8 heteroatoms. The molecule has 0 saturated carbocycles. The van der Waals surface area contributed by atoms with E-state index in [0.717, 1.165) is 11.3 Å². The lowest BCUT2D eigenvalue weighted by atomic mass is 10.2. The van der Waals surface area contributed by atoms with Gasteiger partial charge in [-0.2, -0.15) is 0 Å². The molecule has 1 amide bonds. The molecule has 2 aromatic carbocycles. The number of benzene rings is 2. The summed E-state index contributed by atoms with van der Waals surface area (Å²) < 4.78 is 1.86. The third-order valence-electron chi connectivity index (χ3n) is 3.71. The number of thioether (sulfide) groups is 1. The van der Waals surface area contributed by atoms with Crippen LogP contribution in [-0.4, -0.2) is 38.4 Å². The van der Waals surface area contributed by atoms with Crippen molar-refractivity contribution in [2.75, 3.05) is 12.8 Å². The van der Waals surface area contributed by atoms with E-state index in [-0.39, 0.29) is 11.7 Å². The van der Waals surface area contributed by atoms with Crippen LogP contribution in [0, 0.1) is 0 Å². The highest BCUT2D eigenvalue weighted by Gasteiger charge is 2.14. The predicted molar refractivity (Wildman–Crippen MR) is 105 cm³/mol. The molecule has 26 heavy (non-hydrogen) atoms. The summed E-state index contributed by atoms with van der Waals surface area (Å²) in [6, 6.07) is 15.1. The minimum absolute atomic E-state index is 0.0105. The van der Waals surface area contributed by atoms with Gasteiger partial charge in [-0.05, 0) is 29.8 Å². The van der Waals surface area contributed by atoms with E-state index in [4.69, 9.17) is 23.2 Å². The van der Waals surface area contributed by atoms with Gasteiger partial charge in [-0.3, -0.25) is 9.36 Å². The fourth-order valence-electron chi connectivity index (χ4n) is 2.33. The molecule has 0 atom stereocenters. The molecule has 0 aliphatic heterocycles.